The number of hydrogen-bond donors (Lipinski definition) is 0. The van der Waals surface area contributed by atoms with Crippen LogP contribution in [-0.2, 0) is 0 Å². The highest BCUT2D eigenvalue weighted by molar-refractivity contribution is 6.22. The SMILES string of the molecule is CCC[C@H](C)/C(C)=C(\C)C#C[SiH3]. The van der Waals surface area contributed by atoms with E-state index in [1.54, 1.807) is 0 Å². The third-order valence-electron chi connectivity index (χ3n) is 2.36. The lowest BCUT2D eigenvalue weighted by molar-refractivity contribution is 0.598. The summed E-state index contributed by atoms with van der Waals surface area (Å²) in [5.41, 5.74) is 5.83. The molecule has 12 heavy (non-hydrogen) atoms. The molecule has 68 valence electrons. The minimum Gasteiger partial charge on any atom is -0.139 e. The fourth-order valence-electron chi connectivity index (χ4n) is 1.31. The Morgan fingerprint density at radius 1 is 1.42 bits per heavy atom. The van der Waals surface area contributed by atoms with Gasteiger partial charge in [-0.3, -0.25) is 0 Å². The van der Waals surface area contributed by atoms with Crippen LogP contribution >= 0.6 is 0 Å². The predicted molar refractivity (Wildman–Crippen MR) is 60.2 cm³/mol. The molecular weight excluding hydrogens is 160 g/mol. The maximum atomic E-state index is 3.18. The van der Waals surface area contributed by atoms with Gasteiger partial charge in [0.05, 0.1) is 10.2 Å². The minimum atomic E-state index is 0.706. The van der Waals surface area contributed by atoms with Gasteiger partial charge < -0.3 is 0 Å². The quantitative estimate of drug-likeness (QED) is 0.461. The van der Waals surface area contributed by atoms with Crippen LogP contribution in [0.1, 0.15) is 40.5 Å². The Balaban J connectivity index is 4.39. The normalized spacial score (nSPS) is 14.7. The molecule has 0 spiro atoms. The molecule has 0 fully saturated rings. The molecule has 0 radical (unpaired) electrons. The molecule has 0 aromatic heterocycles. The lowest BCUT2D eigenvalue weighted by atomic mass is 9.94. The molecule has 0 rings (SSSR count). The minimum absolute atomic E-state index is 0.706. The van der Waals surface area contributed by atoms with Gasteiger partial charge in [0.25, 0.3) is 0 Å². The van der Waals surface area contributed by atoms with Gasteiger partial charge in [-0.2, -0.15) is 0 Å². The van der Waals surface area contributed by atoms with E-state index in [1.165, 1.54) is 24.0 Å². The number of allylic oxidation sites excluding steroid dienone is 2. The van der Waals surface area contributed by atoms with Crippen LogP contribution in [0.4, 0.5) is 0 Å². The Bertz CT molecular complexity index is 215. The lowest BCUT2D eigenvalue weighted by Gasteiger charge is -2.11. The smallest absolute Gasteiger partial charge is 0.0911 e. The second-order valence-corrected chi connectivity index (χ2v) is 3.87. The van der Waals surface area contributed by atoms with E-state index in [0.29, 0.717) is 5.92 Å². The molecule has 0 saturated heterocycles. The van der Waals surface area contributed by atoms with Crippen LogP contribution in [0.5, 0.6) is 0 Å². The van der Waals surface area contributed by atoms with E-state index in [4.69, 9.17) is 0 Å². The predicted octanol–water partition coefficient (Wildman–Crippen LogP) is 2.09. The first-order chi connectivity index (χ1) is 5.63. The molecule has 0 N–H and O–H groups in total. The average molecular weight is 180 g/mol. The standard InChI is InChI=1S/C11H20Si/c1-5-6-9(2)11(4)10(3)7-8-12/h9H,5-6H2,1-4,12H3/b11-10+/t9-/m0/s1. The average Bonchev–Trinajstić information content (AvgIpc) is 2.04. The Morgan fingerprint density at radius 2 is 2.00 bits per heavy atom. The van der Waals surface area contributed by atoms with Crippen molar-refractivity contribution in [3.05, 3.63) is 11.1 Å². The fourth-order valence-corrected chi connectivity index (χ4v) is 1.68. The molecule has 0 aliphatic heterocycles. The summed E-state index contributed by atoms with van der Waals surface area (Å²) in [4.78, 5) is 0. The number of rotatable bonds is 3. The first-order valence-corrected chi connectivity index (χ1v) is 5.73. The summed E-state index contributed by atoms with van der Waals surface area (Å²) in [6, 6.07) is 0. The maximum Gasteiger partial charge on any atom is 0.0911 e. The van der Waals surface area contributed by atoms with Crippen LogP contribution in [0, 0.1) is 17.4 Å². The molecule has 0 aliphatic carbocycles. The lowest BCUT2D eigenvalue weighted by Crippen LogP contribution is -1.97. The zero-order valence-electron chi connectivity index (χ0n) is 8.99. The van der Waals surface area contributed by atoms with E-state index in [1.807, 2.05) is 0 Å². The highest BCUT2D eigenvalue weighted by Crippen LogP contribution is 2.18. The monoisotopic (exact) mass is 180 g/mol. The van der Waals surface area contributed by atoms with E-state index in [9.17, 15) is 0 Å². The van der Waals surface area contributed by atoms with E-state index < -0.39 is 0 Å². The molecule has 0 aromatic rings. The van der Waals surface area contributed by atoms with Crippen LogP contribution in [0.3, 0.4) is 0 Å². The summed E-state index contributed by atoms with van der Waals surface area (Å²) < 4.78 is 0. The highest BCUT2D eigenvalue weighted by atomic mass is 28.1. The van der Waals surface area contributed by atoms with Crippen molar-refractivity contribution in [2.75, 3.05) is 0 Å². The van der Waals surface area contributed by atoms with Gasteiger partial charge in [0, 0.05) is 0 Å². The molecule has 0 aromatic carbocycles. The van der Waals surface area contributed by atoms with Gasteiger partial charge in [0.15, 0.2) is 0 Å². The van der Waals surface area contributed by atoms with Crippen molar-refractivity contribution in [3.8, 4) is 11.5 Å². The summed E-state index contributed by atoms with van der Waals surface area (Å²) in [5.74, 6) is 3.88. The van der Waals surface area contributed by atoms with Gasteiger partial charge in [0.2, 0.25) is 0 Å². The molecule has 0 bridgehead atoms. The van der Waals surface area contributed by atoms with Crippen LogP contribution in [0.2, 0.25) is 0 Å². The molecule has 1 heteroatoms. The third kappa shape index (κ3) is 3.78. The Morgan fingerprint density at radius 3 is 2.42 bits per heavy atom. The van der Waals surface area contributed by atoms with E-state index in [-0.39, 0.29) is 0 Å². The van der Waals surface area contributed by atoms with Crippen molar-refractivity contribution in [1.82, 2.24) is 0 Å². The molecule has 1 atom stereocenters. The van der Waals surface area contributed by atoms with Crippen molar-refractivity contribution in [1.29, 1.82) is 0 Å². The fraction of sp³-hybridized carbons (Fsp3) is 0.636. The third-order valence-corrected chi connectivity index (χ3v) is 2.61. The van der Waals surface area contributed by atoms with Gasteiger partial charge in [-0.05, 0) is 31.8 Å². The van der Waals surface area contributed by atoms with Gasteiger partial charge >= 0.3 is 0 Å². The van der Waals surface area contributed by atoms with E-state index in [2.05, 4.69) is 39.2 Å². The van der Waals surface area contributed by atoms with Crippen molar-refractivity contribution in [2.45, 2.75) is 40.5 Å². The molecule has 0 unspecified atom stereocenters. The van der Waals surface area contributed by atoms with Crippen LogP contribution < -0.4 is 0 Å². The van der Waals surface area contributed by atoms with Crippen molar-refractivity contribution in [3.63, 3.8) is 0 Å². The van der Waals surface area contributed by atoms with Crippen molar-refractivity contribution in [2.24, 2.45) is 5.92 Å². The molecule has 0 saturated carbocycles. The van der Waals surface area contributed by atoms with E-state index >= 15 is 0 Å². The zero-order valence-corrected chi connectivity index (χ0v) is 11.0. The summed E-state index contributed by atoms with van der Waals surface area (Å²) in [7, 11) is 0.986. The van der Waals surface area contributed by atoms with Gasteiger partial charge in [0.1, 0.15) is 0 Å². The Kier molecular flexibility index (Phi) is 5.83. The van der Waals surface area contributed by atoms with Gasteiger partial charge in [-0.25, -0.2) is 0 Å². The largest absolute Gasteiger partial charge is 0.139 e. The first kappa shape index (κ1) is 11.5. The van der Waals surface area contributed by atoms with Gasteiger partial charge in [-0.1, -0.05) is 31.8 Å². The van der Waals surface area contributed by atoms with Crippen molar-refractivity contribution < 1.29 is 0 Å². The van der Waals surface area contributed by atoms with Crippen LogP contribution in [0.15, 0.2) is 11.1 Å². The summed E-state index contributed by atoms with van der Waals surface area (Å²) in [5, 5.41) is 0. The summed E-state index contributed by atoms with van der Waals surface area (Å²) >= 11 is 0. The van der Waals surface area contributed by atoms with Gasteiger partial charge in [-0.15, -0.1) is 5.54 Å². The summed E-state index contributed by atoms with van der Waals surface area (Å²) in [6.45, 7) is 8.86. The Labute approximate surface area is 79.9 Å². The topological polar surface area (TPSA) is 0 Å². The molecule has 0 nitrogen and oxygen atoms in total. The molecule has 0 amide bonds. The van der Waals surface area contributed by atoms with E-state index in [0.717, 1.165) is 10.2 Å². The Hall–Kier alpha value is -0.483. The van der Waals surface area contributed by atoms with Crippen LogP contribution in [0.25, 0.3) is 0 Å². The molecule has 0 heterocycles. The highest BCUT2D eigenvalue weighted by Gasteiger charge is 2.04. The zero-order chi connectivity index (χ0) is 9.56. The molecule has 0 aliphatic rings. The van der Waals surface area contributed by atoms with Crippen LogP contribution in [-0.4, -0.2) is 10.2 Å². The maximum absolute atomic E-state index is 3.18. The molecular formula is C11H20Si. The summed E-state index contributed by atoms with van der Waals surface area (Å²) in [6.07, 6.45) is 2.55. The number of hydrogen-bond acceptors (Lipinski definition) is 0. The second-order valence-electron chi connectivity index (χ2n) is 3.37. The van der Waals surface area contributed by atoms with Crippen molar-refractivity contribution >= 4 is 10.2 Å². The first-order valence-electron chi connectivity index (χ1n) is 4.73. The second kappa shape index (κ2) is 6.08.